The lowest BCUT2D eigenvalue weighted by Crippen LogP contribution is -2.52. The van der Waals surface area contributed by atoms with Crippen LogP contribution in [0.4, 0.5) is 0 Å². The average molecular weight is 485 g/mol. The molecule has 5 N–H and O–H groups in total. The summed E-state index contributed by atoms with van der Waals surface area (Å²) in [4.78, 5) is 37.0. The lowest BCUT2D eigenvalue weighted by Gasteiger charge is -2.18. The Bertz CT molecular complexity index is 1220. The standard InChI is InChI=1S/C28H28N4O4/c1-20(23-10-6-3-7-11-23)29-19-26(33)30-18-25(28(35)32-36)31-27(34)24-16-14-22(15-17-24)13-12-21-8-4-2-5-9-21/h2-11,14-17,20,25,29,36H,18-19H2,1H3,(H,30,33)(H,31,34)(H,32,35)/t20?,25-/m0/s1. The molecule has 2 atom stereocenters. The van der Waals surface area contributed by atoms with Crippen LogP contribution in [0.5, 0.6) is 0 Å². The number of carbonyl (C=O) groups excluding carboxylic acids is 3. The van der Waals surface area contributed by atoms with Crippen molar-refractivity contribution >= 4 is 17.7 Å². The fraction of sp³-hybridized carbons (Fsp3) is 0.179. The molecular formula is C28H28N4O4. The fourth-order valence-corrected chi connectivity index (χ4v) is 3.28. The molecule has 184 valence electrons. The molecule has 36 heavy (non-hydrogen) atoms. The summed E-state index contributed by atoms with van der Waals surface area (Å²) in [5.41, 5.74) is 4.47. The minimum absolute atomic E-state index is 0.0168. The van der Waals surface area contributed by atoms with Crippen LogP contribution in [-0.4, -0.2) is 42.1 Å². The summed E-state index contributed by atoms with van der Waals surface area (Å²) in [7, 11) is 0. The maximum absolute atomic E-state index is 12.6. The second-order valence-electron chi connectivity index (χ2n) is 8.01. The van der Waals surface area contributed by atoms with Crippen molar-refractivity contribution in [1.29, 1.82) is 0 Å². The Kier molecular flexibility index (Phi) is 9.77. The summed E-state index contributed by atoms with van der Waals surface area (Å²) in [5.74, 6) is 4.33. The van der Waals surface area contributed by atoms with Gasteiger partial charge >= 0.3 is 0 Å². The van der Waals surface area contributed by atoms with Crippen molar-refractivity contribution in [1.82, 2.24) is 21.4 Å². The van der Waals surface area contributed by atoms with Crippen LogP contribution in [-0.2, 0) is 9.59 Å². The van der Waals surface area contributed by atoms with Crippen molar-refractivity contribution in [2.45, 2.75) is 19.0 Å². The minimum atomic E-state index is -1.17. The van der Waals surface area contributed by atoms with Gasteiger partial charge in [-0.05, 0) is 48.9 Å². The molecule has 0 aliphatic heterocycles. The lowest BCUT2D eigenvalue weighted by molar-refractivity contribution is -0.131. The van der Waals surface area contributed by atoms with E-state index in [1.807, 2.05) is 67.6 Å². The SMILES string of the molecule is CC(NCC(=O)NC[C@H](NC(=O)c1ccc(C#Cc2ccccc2)cc1)C(=O)NO)c1ccccc1. The van der Waals surface area contributed by atoms with Gasteiger partial charge in [-0.15, -0.1) is 0 Å². The zero-order valence-electron chi connectivity index (χ0n) is 19.8. The van der Waals surface area contributed by atoms with E-state index in [-0.39, 0.29) is 25.0 Å². The van der Waals surface area contributed by atoms with Gasteiger partial charge in [-0.3, -0.25) is 19.6 Å². The quantitative estimate of drug-likeness (QED) is 0.181. The van der Waals surface area contributed by atoms with Crippen LogP contribution in [0.15, 0.2) is 84.9 Å². The molecule has 3 aromatic rings. The third-order valence-electron chi connectivity index (χ3n) is 5.38. The van der Waals surface area contributed by atoms with E-state index in [1.165, 1.54) is 5.48 Å². The van der Waals surface area contributed by atoms with Gasteiger partial charge in [0.25, 0.3) is 11.8 Å². The highest BCUT2D eigenvalue weighted by molar-refractivity contribution is 5.97. The molecule has 0 aliphatic carbocycles. The van der Waals surface area contributed by atoms with Gasteiger partial charge in [-0.25, -0.2) is 5.48 Å². The second-order valence-corrected chi connectivity index (χ2v) is 8.01. The molecule has 0 aromatic heterocycles. The zero-order chi connectivity index (χ0) is 25.8. The van der Waals surface area contributed by atoms with E-state index in [4.69, 9.17) is 5.21 Å². The summed E-state index contributed by atoms with van der Waals surface area (Å²) in [5, 5.41) is 17.3. The Morgan fingerprint density at radius 3 is 2.03 bits per heavy atom. The van der Waals surface area contributed by atoms with E-state index in [2.05, 4.69) is 27.8 Å². The molecule has 0 saturated carbocycles. The highest BCUT2D eigenvalue weighted by Crippen LogP contribution is 2.10. The molecule has 3 amide bonds. The first kappa shape index (κ1) is 26.2. The molecule has 3 rings (SSSR count). The van der Waals surface area contributed by atoms with E-state index >= 15 is 0 Å². The number of carbonyl (C=O) groups is 3. The van der Waals surface area contributed by atoms with Gasteiger partial charge in [0.05, 0.1) is 6.54 Å². The Morgan fingerprint density at radius 1 is 0.833 bits per heavy atom. The highest BCUT2D eigenvalue weighted by Gasteiger charge is 2.22. The van der Waals surface area contributed by atoms with Crippen molar-refractivity contribution in [3.05, 3.63) is 107 Å². The van der Waals surface area contributed by atoms with Crippen molar-refractivity contribution in [2.24, 2.45) is 0 Å². The predicted octanol–water partition coefficient (Wildman–Crippen LogP) is 2.16. The number of hydrogen-bond acceptors (Lipinski definition) is 5. The van der Waals surface area contributed by atoms with Gasteiger partial charge in [-0.2, -0.15) is 0 Å². The number of nitrogens with one attached hydrogen (secondary N) is 4. The van der Waals surface area contributed by atoms with Crippen LogP contribution in [0.2, 0.25) is 0 Å². The monoisotopic (exact) mass is 484 g/mol. The molecule has 0 spiro atoms. The van der Waals surface area contributed by atoms with Crippen LogP contribution in [0.3, 0.4) is 0 Å². The molecule has 3 aromatic carbocycles. The van der Waals surface area contributed by atoms with E-state index in [0.29, 0.717) is 5.56 Å². The molecule has 0 saturated heterocycles. The van der Waals surface area contributed by atoms with Gasteiger partial charge in [-0.1, -0.05) is 60.4 Å². The Morgan fingerprint density at radius 2 is 1.42 bits per heavy atom. The second kappa shape index (κ2) is 13.4. The zero-order valence-corrected chi connectivity index (χ0v) is 19.8. The van der Waals surface area contributed by atoms with Crippen LogP contribution in [0, 0.1) is 11.8 Å². The number of hydrogen-bond donors (Lipinski definition) is 5. The molecule has 8 nitrogen and oxygen atoms in total. The van der Waals surface area contributed by atoms with Crippen LogP contribution in [0.25, 0.3) is 0 Å². The first-order valence-electron chi connectivity index (χ1n) is 11.4. The number of hydroxylamine groups is 1. The van der Waals surface area contributed by atoms with Gasteiger partial charge < -0.3 is 16.0 Å². The van der Waals surface area contributed by atoms with Crippen LogP contribution < -0.4 is 21.4 Å². The van der Waals surface area contributed by atoms with Gasteiger partial charge in [0.2, 0.25) is 5.91 Å². The molecule has 8 heteroatoms. The third kappa shape index (κ3) is 8.09. The lowest BCUT2D eigenvalue weighted by atomic mass is 10.1. The maximum atomic E-state index is 12.6. The topological polar surface area (TPSA) is 120 Å². The Hall–Kier alpha value is -4.45. The largest absolute Gasteiger partial charge is 0.352 e. The van der Waals surface area contributed by atoms with Crippen molar-refractivity contribution in [3.8, 4) is 11.8 Å². The summed E-state index contributed by atoms with van der Waals surface area (Å²) in [6.07, 6.45) is 0. The molecule has 1 unspecified atom stereocenters. The van der Waals surface area contributed by atoms with Crippen LogP contribution >= 0.6 is 0 Å². The molecule has 0 aliphatic rings. The first-order valence-corrected chi connectivity index (χ1v) is 11.4. The smallest absolute Gasteiger partial charge is 0.267 e. The first-order chi connectivity index (χ1) is 17.5. The molecule has 0 fully saturated rings. The van der Waals surface area contributed by atoms with E-state index < -0.39 is 17.9 Å². The molecule has 0 heterocycles. The highest BCUT2D eigenvalue weighted by atomic mass is 16.5. The van der Waals surface area contributed by atoms with Crippen molar-refractivity contribution in [2.75, 3.05) is 13.1 Å². The van der Waals surface area contributed by atoms with Gasteiger partial charge in [0.15, 0.2) is 0 Å². The molecule has 0 bridgehead atoms. The maximum Gasteiger partial charge on any atom is 0.267 e. The fourth-order valence-electron chi connectivity index (χ4n) is 3.28. The molecular weight excluding hydrogens is 456 g/mol. The number of amides is 3. The van der Waals surface area contributed by atoms with Crippen molar-refractivity contribution < 1.29 is 19.6 Å². The van der Waals surface area contributed by atoms with E-state index in [9.17, 15) is 14.4 Å². The molecule has 0 radical (unpaired) electrons. The van der Waals surface area contributed by atoms with Gasteiger partial charge in [0.1, 0.15) is 6.04 Å². The predicted molar refractivity (Wildman–Crippen MR) is 136 cm³/mol. The minimum Gasteiger partial charge on any atom is -0.352 e. The third-order valence-corrected chi connectivity index (χ3v) is 5.38. The number of benzene rings is 3. The summed E-state index contributed by atoms with van der Waals surface area (Å²) >= 11 is 0. The average Bonchev–Trinajstić information content (AvgIpc) is 2.93. The normalized spacial score (nSPS) is 11.8. The number of rotatable bonds is 9. The summed E-state index contributed by atoms with van der Waals surface area (Å²) in [6.45, 7) is 1.76. The summed E-state index contributed by atoms with van der Waals surface area (Å²) in [6, 6.07) is 24.5. The van der Waals surface area contributed by atoms with E-state index in [0.717, 1.165) is 16.7 Å². The van der Waals surface area contributed by atoms with Gasteiger partial charge in [0, 0.05) is 29.3 Å². The Labute approximate surface area is 210 Å². The van der Waals surface area contributed by atoms with Crippen molar-refractivity contribution in [3.63, 3.8) is 0 Å². The Balaban J connectivity index is 1.52. The van der Waals surface area contributed by atoms with Crippen LogP contribution in [0.1, 0.15) is 40.0 Å². The summed E-state index contributed by atoms with van der Waals surface area (Å²) < 4.78 is 0. The van der Waals surface area contributed by atoms with E-state index in [1.54, 1.807) is 24.3 Å².